The SMILES string of the molecule is Cc1ccc2oc(N3CCc4[nH]nc(-c5ccco5)c4C3)nc2c1. The third-order valence-corrected chi connectivity index (χ3v) is 4.49. The van der Waals surface area contributed by atoms with Crippen LogP contribution in [0.4, 0.5) is 6.01 Å². The highest BCUT2D eigenvalue weighted by molar-refractivity contribution is 5.75. The van der Waals surface area contributed by atoms with Gasteiger partial charge in [0.1, 0.15) is 11.2 Å². The summed E-state index contributed by atoms with van der Waals surface area (Å²) in [4.78, 5) is 6.80. The van der Waals surface area contributed by atoms with Crippen molar-refractivity contribution in [3.63, 3.8) is 0 Å². The number of nitrogens with one attached hydrogen (secondary N) is 1. The fourth-order valence-electron chi connectivity index (χ4n) is 3.24. The van der Waals surface area contributed by atoms with E-state index < -0.39 is 0 Å². The summed E-state index contributed by atoms with van der Waals surface area (Å²) < 4.78 is 11.5. The molecule has 3 aromatic heterocycles. The second-order valence-corrected chi connectivity index (χ2v) is 6.15. The number of hydrogen-bond donors (Lipinski definition) is 1. The van der Waals surface area contributed by atoms with Crippen molar-refractivity contribution in [3.05, 3.63) is 53.4 Å². The van der Waals surface area contributed by atoms with Gasteiger partial charge in [0.25, 0.3) is 6.01 Å². The Morgan fingerprint density at radius 1 is 1.25 bits per heavy atom. The lowest BCUT2D eigenvalue weighted by Crippen LogP contribution is -2.30. The van der Waals surface area contributed by atoms with Gasteiger partial charge in [0, 0.05) is 24.2 Å². The highest BCUT2D eigenvalue weighted by atomic mass is 16.4. The molecule has 5 rings (SSSR count). The van der Waals surface area contributed by atoms with E-state index in [1.54, 1.807) is 6.26 Å². The van der Waals surface area contributed by atoms with Gasteiger partial charge in [-0.2, -0.15) is 10.1 Å². The van der Waals surface area contributed by atoms with Crippen LogP contribution in [0.1, 0.15) is 16.8 Å². The maximum absolute atomic E-state index is 5.95. The average molecular weight is 320 g/mol. The molecule has 1 N–H and O–H groups in total. The molecule has 0 spiro atoms. The number of rotatable bonds is 2. The molecule has 0 saturated heterocycles. The van der Waals surface area contributed by atoms with Gasteiger partial charge in [-0.25, -0.2) is 0 Å². The largest absolute Gasteiger partial charge is 0.463 e. The summed E-state index contributed by atoms with van der Waals surface area (Å²) in [6.45, 7) is 3.61. The van der Waals surface area contributed by atoms with Crippen LogP contribution in [0.25, 0.3) is 22.6 Å². The topological polar surface area (TPSA) is 71.1 Å². The van der Waals surface area contributed by atoms with Crippen LogP contribution >= 0.6 is 0 Å². The van der Waals surface area contributed by atoms with Gasteiger partial charge in [-0.1, -0.05) is 6.07 Å². The molecule has 4 heterocycles. The van der Waals surface area contributed by atoms with Gasteiger partial charge >= 0.3 is 0 Å². The molecule has 0 saturated carbocycles. The van der Waals surface area contributed by atoms with Gasteiger partial charge < -0.3 is 13.7 Å². The zero-order chi connectivity index (χ0) is 16.1. The minimum atomic E-state index is 0.660. The van der Waals surface area contributed by atoms with Crippen molar-refractivity contribution in [2.75, 3.05) is 11.4 Å². The van der Waals surface area contributed by atoms with Gasteiger partial charge in [0.2, 0.25) is 0 Å². The lowest BCUT2D eigenvalue weighted by molar-refractivity contribution is 0.552. The lowest BCUT2D eigenvalue weighted by atomic mass is 10.0. The highest BCUT2D eigenvalue weighted by Gasteiger charge is 2.26. The molecule has 6 nitrogen and oxygen atoms in total. The van der Waals surface area contributed by atoms with E-state index in [1.807, 2.05) is 30.3 Å². The van der Waals surface area contributed by atoms with E-state index in [-0.39, 0.29) is 0 Å². The van der Waals surface area contributed by atoms with E-state index >= 15 is 0 Å². The molecule has 0 unspecified atom stereocenters. The van der Waals surface area contributed by atoms with Gasteiger partial charge in [-0.3, -0.25) is 5.10 Å². The summed E-state index contributed by atoms with van der Waals surface area (Å²) in [6, 6.07) is 10.5. The van der Waals surface area contributed by atoms with Gasteiger partial charge in [-0.05, 0) is 36.8 Å². The lowest BCUT2D eigenvalue weighted by Gasteiger charge is -2.25. The summed E-state index contributed by atoms with van der Waals surface area (Å²) in [5.41, 5.74) is 6.07. The molecule has 24 heavy (non-hydrogen) atoms. The molecule has 1 aliphatic rings. The number of aromatic nitrogens is 3. The highest BCUT2D eigenvalue weighted by Crippen LogP contribution is 2.32. The third-order valence-electron chi connectivity index (χ3n) is 4.49. The molecule has 0 radical (unpaired) electrons. The molecule has 1 aromatic carbocycles. The summed E-state index contributed by atoms with van der Waals surface area (Å²) in [5, 5.41) is 7.56. The first kappa shape index (κ1) is 13.4. The summed E-state index contributed by atoms with van der Waals surface area (Å²) in [7, 11) is 0. The Bertz CT molecular complexity index is 1010. The van der Waals surface area contributed by atoms with Crippen LogP contribution < -0.4 is 4.90 Å². The number of nitrogens with zero attached hydrogens (tertiary/aromatic N) is 3. The van der Waals surface area contributed by atoms with Crippen LogP contribution in [-0.2, 0) is 13.0 Å². The third kappa shape index (κ3) is 2.03. The first-order chi connectivity index (χ1) is 11.8. The molecule has 0 aliphatic carbocycles. The monoisotopic (exact) mass is 320 g/mol. The van der Waals surface area contributed by atoms with Crippen molar-refractivity contribution in [1.29, 1.82) is 0 Å². The molecule has 0 atom stereocenters. The second-order valence-electron chi connectivity index (χ2n) is 6.15. The van der Waals surface area contributed by atoms with Crippen molar-refractivity contribution in [2.45, 2.75) is 19.9 Å². The van der Waals surface area contributed by atoms with Crippen LogP contribution in [0.3, 0.4) is 0 Å². The van der Waals surface area contributed by atoms with Crippen LogP contribution in [-0.4, -0.2) is 21.7 Å². The Balaban J connectivity index is 1.52. The summed E-state index contributed by atoms with van der Waals surface area (Å²) in [6.07, 6.45) is 2.54. The summed E-state index contributed by atoms with van der Waals surface area (Å²) in [5.74, 6) is 0.780. The molecule has 6 heteroatoms. The number of furan rings is 1. The fourth-order valence-corrected chi connectivity index (χ4v) is 3.24. The van der Waals surface area contributed by atoms with E-state index in [4.69, 9.17) is 8.83 Å². The van der Waals surface area contributed by atoms with Crippen molar-refractivity contribution in [1.82, 2.24) is 15.2 Å². The molecule has 4 aromatic rings. The van der Waals surface area contributed by atoms with Crippen LogP contribution in [0.2, 0.25) is 0 Å². The van der Waals surface area contributed by atoms with E-state index in [9.17, 15) is 0 Å². The Morgan fingerprint density at radius 3 is 3.08 bits per heavy atom. The van der Waals surface area contributed by atoms with E-state index in [2.05, 4.69) is 27.0 Å². The predicted octanol–water partition coefficient (Wildman–Crippen LogP) is 3.68. The van der Waals surface area contributed by atoms with Crippen LogP contribution in [0, 0.1) is 6.92 Å². The molecule has 0 amide bonds. The van der Waals surface area contributed by atoms with Gasteiger partial charge in [0.05, 0.1) is 12.8 Å². The smallest absolute Gasteiger partial charge is 0.298 e. The normalized spacial score (nSPS) is 14.3. The van der Waals surface area contributed by atoms with Gasteiger partial charge in [-0.15, -0.1) is 0 Å². The van der Waals surface area contributed by atoms with Crippen molar-refractivity contribution in [2.24, 2.45) is 0 Å². The van der Waals surface area contributed by atoms with E-state index in [0.717, 1.165) is 46.8 Å². The number of hydrogen-bond acceptors (Lipinski definition) is 5. The molecular weight excluding hydrogens is 304 g/mol. The fraction of sp³-hybridized carbons (Fsp3) is 0.222. The van der Waals surface area contributed by atoms with Crippen molar-refractivity contribution >= 4 is 17.1 Å². The Labute approximate surface area is 138 Å². The zero-order valence-electron chi connectivity index (χ0n) is 13.2. The number of fused-ring (bicyclic) bond motifs is 2. The van der Waals surface area contributed by atoms with Crippen molar-refractivity contribution < 1.29 is 8.83 Å². The molecule has 0 fully saturated rings. The predicted molar refractivity (Wildman–Crippen MR) is 89.8 cm³/mol. The zero-order valence-corrected chi connectivity index (χ0v) is 13.2. The van der Waals surface area contributed by atoms with Crippen LogP contribution in [0.15, 0.2) is 45.4 Å². The Hall–Kier alpha value is -3.02. The molecule has 1 aliphatic heterocycles. The Kier molecular flexibility index (Phi) is 2.79. The number of aryl methyl sites for hydroxylation is 1. The average Bonchev–Trinajstić information content (AvgIpc) is 3.32. The van der Waals surface area contributed by atoms with Gasteiger partial charge in [0.15, 0.2) is 11.3 Å². The maximum atomic E-state index is 5.95. The molecule has 0 bridgehead atoms. The standard InChI is InChI=1S/C18H16N4O2/c1-11-4-5-15-14(9-11)19-18(24-15)22-7-6-13-12(10-22)17(21-20-13)16-3-2-8-23-16/h2-5,8-9H,6-7,10H2,1H3,(H,20,21). The quantitative estimate of drug-likeness (QED) is 0.610. The maximum Gasteiger partial charge on any atom is 0.298 e. The number of oxazole rings is 1. The van der Waals surface area contributed by atoms with E-state index in [1.165, 1.54) is 5.56 Å². The number of H-pyrrole nitrogens is 1. The molecular formula is C18H16N4O2. The molecule has 120 valence electrons. The minimum absolute atomic E-state index is 0.660. The first-order valence-electron chi connectivity index (χ1n) is 8.00. The minimum Gasteiger partial charge on any atom is -0.463 e. The Morgan fingerprint density at radius 2 is 2.21 bits per heavy atom. The number of aromatic amines is 1. The second kappa shape index (κ2) is 4.99. The first-order valence-corrected chi connectivity index (χ1v) is 8.00. The van der Waals surface area contributed by atoms with Crippen molar-refractivity contribution in [3.8, 4) is 11.5 Å². The number of anilines is 1. The number of benzene rings is 1. The van der Waals surface area contributed by atoms with Crippen LogP contribution in [0.5, 0.6) is 0 Å². The summed E-state index contributed by atoms with van der Waals surface area (Å²) >= 11 is 0. The van der Waals surface area contributed by atoms with E-state index in [0.29, 0.717) is 12.6 Å².